The molecule has 1 rings (SSSR count). The summed E-state index contributed by atoms with van der Waals surface area (Å²) in [6.45, 7) is 7.32. The minimum atomic E-state index is 0.203. The first-order valence-electron chi connectivity index (χ1n) is 4.95. The van der Waals surface area contributed by atoms with Gasteiger partial charge in [0, 0.05) is 25.7 Å². The number of carbonyl (C=O) groups excluding carboxylic acids is 1. The summed E-state index contributed by atoms with van der Waals surface area (Å²) in [5.74, 6) is 0. The van der Waals surface area contributed by atoms with E-state index in [-0.39, 0.29) is 6.17 Å². The smallest absolute Gasteiger partial charge is 0.208 e. The summed E-state index contributed by atoms with van der Waals surface area (Å²) in [5.41, 5.74) is 0. The molecule has 1 aliphatic rings. The van der Waals surface area contributed by atoms with Crippen LogP contribution in [0.25, 0.3) is 0 Å². The van der Waals surface area contributed by atoms with Gasteiger partial charge < -0.3 is 10.6 Å². The fourth-order valence-electron chi connectivity index (χ4n) is 1.85. The van der Waals surface area contributed by atoms with Crippen LogP contribution in [-0.2, 0) is 4.79 Å². The maximum Gasteiger partial charge on any atom is 0.208 e. The normalized spacial score (nSPS) is 26.8. The molecule has 0 bridgehead atoms. The van der Waals surface area contributed by atoms with Crippen molar-refractivity contribution in [2.45, 2.75) is 32.5 Å². The lowest BCUT2D eigenvalue weighted by Gasteiger charge is -2.39. The van der Waals surface area contributed by atoms with E-state index in [0.29, 0.717) is 6.04 Å². The second-order valence-electron chi connectivity index (χ2n) is 3.50. The molecule has 4 nitrogen and oxygen atoms in total. The van der Waals surface area contributed by atoms with E-state index in [0.717, 1.165) is 32.5 Å². The third-order valence-electron chi connectivity index (χ3n) is 2.60. The Morgan fingerprint density at radius 3 is 3.08 bits per heavy atom. The van der Waals surface area contributed by atoms with Crippen LogP contribution in [0.2, 0.25) is 0 Å². The highest BCUT2D eigenvalue weighted by molar-refractivity contribution is 5.46. The van der Waals surface area contributed by atoms with Crippen LogP contribution in [0.4, 0.5) is 0 Å². The molecule has 13 heavy (non-hydrogen) atoms. The number of rotatable bonds is 4. The van der Waals surface area contributed by atoms with Gasteiger partial charge in [0.25, 0.3) is 0 Å². The molecule has 0 aromatic rings. The Balaban J connectivity index is 2.49. The van der Waals surface area contributed by atoms with Crippen LogP contribution in [0.3, 0.4) is 0 Å². The molecule has 2 unspecified atom stereocenters. The molecule has 2 atom stereocenters. The molecule has 1 amide bonds. The largest absolute Gasteiger partial charge is 0.343 e. The molecule has 76 valence electrons. The highest BCUT2D eigenvalue weighted by Crippen LogP contribution is 2.08. The quantitative estimate of drug-likeness (QED) is 0.594. The Labute approximate surface area is 79.7 Å². The van der Waals surface area contributed by atoms with E-state index in [4.69, 9.17) is 0 Å². The van der Waals surface area contributed by atoms with Crippen LogP contribution in [0.15, 0.2) is 0 Å². The first-order valence-corrected chi connectivity index (χ1v) is 4.95. The summed E-state index contributed by atoms with van der Waals surface area (Å²) in [7, 11) is 0. The summed E-state index contributed by atoms with van der Waals surface area (Å²) in [6, 6.07) is 0.506. The van der Waals surface area contributed by atoms with E-state index in [2.05, 4.69) is 29.4 Å². The highest BCUT2D eigenvalue weighted by Gasteiger charge is 2.23. The van der Waals surface area contributed by atoms with Crippen molar-refractivity contribution >= 4 is 6.41 Å². The molecular formula is C9H19N3O. The van der Waals surface area contributed by atoms with Crippen LogP contribution in [-0.4, -0.2) is 43.2 Å². The second-order valence-corrected chi connectivity index (χ2v) is 3.50. The Bertz CT molecular complexity index is 163. The molecule has 0 aromatic carbocycles. The van der Waals surface area contributed by atoms with E-state index in [1.807, 2.05) is 0 Å². The minimum Gasteiger partial charge on any atom is -0.343 e. The summed E-state index contributed by atoms with van der Waals surface area (Å²) >= 11 is 0. The van der Waals surface area contributed by atoms with Crippen LogP contribution < -0.4 is 10.6 Å². The average molecular weight is 185 g/mol. The fraction of sp³-hybridized carbons (Fsp3) is 0.889. The van der Waals surface area contributed by atoms with Gasteiger partial charge in [-0.05, 0) is 13.3 Å². The van der Waals surface area contributed by atoms with Gasteiger partial charge >= 0.3 is 0 Å². The van der Waals surface area contributed by atoms with Crippen molar-refractivity contribution < 1.29 is 4.79 Å². The van der Waals surface area contributed by atoms with Crippen molar-refractivity contribution in [3.05, 3.63) is 0 Å². The molecule has 1 heterocycles. The molecule has 2 N–H and O–H groups in total. The first kappa shape index (κ1) is 10.5. The SMILES string of the molecule is CCC(NC=O)N1CCNCC1C. The van der Waals surface area contributed by atoms with E-state index in [1.165, 1.54) is 0 Å². The zero-order valence-electron chi connectivity index (χ0n) is 8.42. The van der Waals surface area contributed by atoms with Gasteiger partial charge in [0.15, 0.2) is 0 Å². The maximum absolute atomic E-state index is 10.4. The lowest BCUT2D eigenvalue weighted by molar-refractivity contribution is -0.111. The number of hydrogen-bond acceptors (Lipinski definition) is 3. The lowest BCUT2D eigenvalue weighted by Crippen LogP contribution is -2.57. The molecule has 1 aliphatic heterocycles. The summed E-state index contributed by atoms with van der Waals surface area (Å²) in [4.78, 5) is 12.7. The third kappa shape index (κ3) is 2.67. The van der Waals surface area contributed by atoms with Gasteiger partial charge in [-0.15, -0.1) is 0 Å². The predicted octanol–water partition coefficient (Wildman–Crippen LogP) is -0.238. The van der Waals surface area contributed by atoms with Crippen molar-refractivity contribution in [1.29, 1.82) is 0 Å². The molecule has 0 aromatic heterocycles. The number of hydrogen-bond donors (Lipinski definition) is 2. The summed E-state index contributed by atoms with van der Waals surface area (Å²) < 4.78 is 0. The minimum absolute atomic E-state index is 0.203. The molecular weight excluding hydrogens is 166 g/mol. The summed E-state index contributed by atoms with van der Waals surface area (Å²) in [5, 5.41) is 6.18. The number of carbonyl (C=O) groups is 1. The predicted molar refractivity (Wildman–Crippen MR) is 52.3 cm³/mol. The zero-order chi connectivity index (χ0) is 9.68. The van der Waals surface area contributed by atoms with Crippen molar-refractivity contribution in [1.82, 2.24) is 15.5 Å². The van der Waals surface area contributed by atoms with Crippen molar-refractivity contribution in [3.63, 3.8) is 0 Å². The van der Waals surface area contributed by atoms with E-state index >= 15 is 0 Å². The van der Waals surface area contributed by atoms with E-state index in [9.17, 15) is 4.79 Å². The Morgan fingerprint density at radius 1 is 1.77 bits per heavy atom. The highest BCUT2D eigenvalue weighted by atomic mass is 16.1. The van der Waals surface area contributed by atoms with Crippen molar-refractivity contribution in [2.75, 3.05) is 19.6 Å². The van der Waals surface area contributed by atoms with Crippen LogP contribution in [0.5, 0.6) is 0 Å². The van der Waals surface area contributed by atoms with Gasteiger partial charge in [-0.1, -0.05) is 6.92 Å². The monoisotopic (exact) mass is 185 g/mol. The number of nitrogens with zero attached hydrogens (tertiary/aromatic N) is 1. The maximum atomic E-state index is 10.4. The molecule has 0 saturated carbocycles. The molecule has 4 heteroatoms. The molecule has 1 saturated heterocycles. The average Bonchev–Trinajstić information content (AvgIpc) is 2.16. The van der Waals surface area contributed by atoms with Gasteiger partial charge in [0.2, 0.25) is 6.41 Å². The number of piperazine rings is 1. The van der Waals surface area contributed by atoms with E-state index in [1.54, 1.807) is 0 Å². The van der Waals surface area contributed by atoms with Gasteiger partial charge in [0.1, 0.15) is 0 Å². The first-order chi connectivity index (χ1) is 6.29. The molecule has 1 fully saturated rings. The Morgan fingerprint density at radius 2 is 2.54 bits per heavy atom. The number of amides is 1. The molecule has 0 spiro atoms. The topological polar surface area (TPSA) is 44.4 Å². The van der Waals surface area contributed by atoms with Gasteiger partial charge in [0.05, 0.1) is 6.17 Å². The van der Waals surface area contributed by atoms with Crippen molar-refractivity contribution in [3.8, 4) is 0 Å². The van der Waals surface area contributed by atoms with E-state index < -0.39 is 0 Å². The van der Waals surface area contributed by atoms with Gasteiger partial charge in [-0.25, -0.2) is 0 Å². The zero-order valence-corrected chi connectivity index (χ0v) is 8.42. The lowest BCUT2D eigenvalue weighted by atomic mass is 10.2. The van der Waals surface area contributed by atoms with Crippen LogP contribution in [0, 0.1) is 0 Å². The summed E-state index contributed by atoms with van der Waals surface area (Å²) in [6.07, 6.45) is 1.96. The van der Waals surface area contributed by atoms with Crippen LogP contribution in [0.1, 0.15) is 20.3 Å². The fourth-order valence-corrected chi connectivity index (χ4v) is 1.85. The second kappa shape index (κ2) is 5.19. The van der Waals surface area contributed by atoms with Gasteiger partial charge in [-0.2, -0.15) is 0 Å². The Hall–Kier alpha value is -0.610. The van der Waals surface area contributed by atoms with Crippen molar-refractivity contribution in [2.24, 2.45) is 0 Å². The molecule has 0 aliphatic carbocycles. The van der Waals surface area contributed by atoms with Gasteiger partial charge in [-0.3, -0.25) is 9.69 Å². The molecule has 0 radical (unpaired) electrons. The Kier molecular flexibility index (Phi) is 4.18. The standard InChI is InChI=1S/C9H19N3O/c1-3-9(11-7-13)12-5-4-10-6-8(12)2/h7-10H,3-6H2,1-2H3,(H,11,13). The number of nitrogens with one attached hydrogen (secondary N) is 2. The van der Waals surface area contributed by atoms with Crippen LogP contribution >= 0.6 is 0 Å². The third-order valence-corrected chi connectivity index (χ3v) is 2.60.